The van der Waals surface area contributed by atoms with Gasteiger partial charge < -0.3 is 10.1 Å². The molecule has 1 aromatic rings. The van der Waals surface area contributed by atoms with Crippen molar-refractivity contribution in [2.75, 3.05) is 6.61 Å². The Hall–Kier alpha value is -1.06. The van der Waals surface area contributed by atoms with Gasteiger partial charge in [-0.15, -0.1) is 11.6 Å². The van der Waals surface area contributed by atoms with E-state index in [-0.39, 0.29) is 12.0 Å². The highest BCUT2D eigenvalue weighted by Crippen LogP contribution is 2.20. The number of alkyl halides is 1. The normalized spacial score (nSPS) is 23.0. The van der Waals surface area contributed by atoms with Crippen LogP contribution in [0.15, 0.2) is 24.3 Å². The third-order valence-electron chi connectivity index (χ3n) is 3.26. The number of carbonyl (C=O) groups is 1. The maximum Gasteiger partial charge on any atom is 0.249 e. The lowest BCUT2D eigenvalue weighted by atomic mass is 10.0. The number of nitrogens with one attached hydrogen (secondary N) is 1. The molecule has 1 N–H and O–H groups in total. The van der Waals surface area contributed by atoms with Gasteiger partial charge in [0, 0.05) is 19.0 Å². The zero-order valence-electron chi connectivity index (χ0n) is 10.5. The molecule has 3 nitrogen and oxygen atoms in total. The van der Waals surface area contributed by atoms with Crippen LogP contribution in [0.3, 0.4) is 0 Å². The predicted molar refractivity (Wildman–Crippen MR) is 71.4 cm³/mol. The maximum absolute atomic E-state index is 11.9. The Labute approximate surface area is 112 Å². The number of carbonyl (C=O) groups excluding carboxylic acids is 1. The molecule has 0 saturated carbocycles. The summed E-state index contributed by atoms with van der Waals surface area (Å²) < 4.78 is 5.43. The van der Waals surface area contributed by atoms with Crippen LogP contribution in [0.4, 0.5) is 0 Å². The van der Waals surface area contributed by atoms with Crippen molar-refractivity contribution < 1.29 is 9.53 Å². The molecule has 1 aliphatic rings. The lowest BCUT2D eigenvalue weighted by Gasteiger charge is -2.14. The lowest BCUT2D eigenvalue weighted by molar-refractivity contribution is -0.131. The van der Waals surface area contributed by atoms with Gasteiger partial charge in [-0.3, -0.25) is 4.79 Å². The number of hydrogen-bond donors (Lipinski definition) is 1. The van der Waals surface area contributed by atoms with Gasteiger partial charge in [-0.25, -0.2) is 0 Å². The first-order valence-electron chi connectivity index (χ1n) is 6.24. The fraction of sp³-hybridized carbons (Fsp3) is 0.500. The highest BCUT2D eigenvalue weighted by Gasteiger charge is 2.30. The third-order valence-corrected chi connectivity index (χ3v) is 3.57. The largest absolute Gasteiger partial charge is 0.368 e. The molecule has 18 heavy (non-hydrogen) atoms. The van der Waals surface area contributed by atoms with Crippen LogP contribution in [0.2, 0.25) is 0 Å². The van der Waals surface area contributed by atoms with Crippen molar-refractivity contribution in [3.63, 3.8) is 0 Å². The van der Waals surface area contributed by atoms with E-state index in [2.05, 4.69) is 5.32 Å². The van der Waals surface area contributed by atoms with Crippen molar-refractivity contribution in [2.24, 2.45) is 5.92 Å². The van der Waals surface area contributed by atoms with Crippen LogP contribution in [-0.2, 0) is 22.0 Å². The minimum absolute atomic E-state index is 0.0173. The van der Waals surface area contributed by atoms with Gasteiger partial charge in [-0.1, -0.05) is 31.2 Å². The quantitative estimate of drug-likeness (QED) is 0.851. The SMILES string of the molecule is CC1CCOC1C(=O)NCc1cccc(CCl)c1. The smallest absolute Gasteiger partial charge is 0.249 e. The Balaban J connectivity index is 1.88. The molecule has 1 saturated heterocycles. The fourth-order valence-corrected chi connectivity index (χ4v) is 2.31. The third kappa shape index (κ3) is 3.24. The Bertz CT molecular complexity index is 422. The van der Waals surface area contributed by atoms with E-state index in [1.807, 2.05) is 31.2 Å². The summed E-state index contributed by atoms with van der Waals surface area (Å²) >= 11 is 5.78. The molecular weight excluding hydrogens is 250 g/mol. The van der Waals surface area contributed by atoms with Crippen LogP contribution in [-0.4, -0.2) is 18.6 Å². The Morgan fingerprint density at radius 3 is 2.94 bits per heavy atom. The number of hydrogen-bond acceptors (Lipinski definition) is 2. The molecule has 0 aromatic heterocycles. The van der Waals surface area contributed by atoms with E-state index >= 15 is 0 Å². The molecule has 1 fully saturated rings. The molecule has 4 heteroatoms. The van der Waals surface area contributed by atoms with Gasteiger partial charge in [0.2, 0.25) is 5.91 Å². The van der Waals surface area contributed by atoms with Crippen molar-refractivity contribution in [1.82, 2.24) is 5.32 Å². The lowest BCUT2D eigenvalue weighted by Crippen LogP contribution is -2.36. The Kier molecular flexibility index (Phi) is 4.61. The van der Waals surface area contributed by atoms with Crippen molar-refractivity contribution in [3.8, 4) is 0 Å². The van der Waals surface area contributed by atoms with E-state index in [1.54, 1.807) is 0 Å². The van der Waals surface area contributed by atoms with Crippen LogP contribution in [0.5, 0.6) is 0 Å². The molecule has 0 spiro atoms. The average molecular weight is 268 g/mol. The Morgan fingerprint density at radius 2 is 2.28 bits per heavy atom. The minimum Gasteiger partial charge on any atom is -0.368 e. The molecule has 1 amide bonds. The fourth-order valence-electron chi connectivity index (χ4n) is 2.14. The Morgan fingerprint density at radius 1 is 1.50 bits per heavy atom. The van der Waals surface area contributed by atoms with Crippen molar-refractivity contribution in [2.45, 2.75) is 31.9 Å². The summed E-state index contributed by atoms with van der Waals surface area (Å²) in [4.78, 5) is 11.9. The highest BCUT2D eigenvalue weighted by molar-refractivity contribution is 6.17. The standard InChI is InChI=1S/C14H18ClNO2/c1-10-5-6-18-13(10)14(17)16-9-12-4-2-3-11(7-12)8-15/h2-4,7,10,13H,5-6,8-9H2,1H3,(H,16,17). The van der Waals surface area contributed by atoms with Crippen molar-refractivity contribution in [1.29, 1.82) is 0 Å². The molecule has 2 unspecified atom stereocenters. The molecule has 1 aliphatic heterocycles. The maximum atomic E-state index is 11.9. The van der Waals surface area contributed by atoms with Gasteiger partial charge in [0.25, 0.3) is 0 Å². The van der Waals surface area contributed by atoms with Crippen molar-refractivity contribution in [3.05, 3.63) is 35.4 Å². The summed E-state index contributed by atoms with van der Waals surface area (Å²) in [6.07, 6.45) is 0.668. The molecule has 1 heterocycles. The van der Waals surface area contributed by atoms with E-state index in [1.165, 1.54) is 0 Å². The first-order chi connectivity index (χ1) is 8.70. The summed E-state index contributed by atoms with van der Waals surface area (Å²) in [5.41, 5.74) is 2.13. The van der Waals surface area contributed by atoms with Gasteiger partial charge in [0.15, 0.2) is 0 Å². The number of amides is 1. The molecule has 2 atom stereocenters. The average Bonchev–Trinajstić information content (AvgIpc) is 2.82. The number of halogens is 1. The van der Waals surface area contributed by atoms with E-state index in [4.69, 9.17) is 16.3 Å². The molecule has 0 bridgehead atoms. The molecular formula is C14H18ClNO2. The zero-order chi connectivity index (χ0) is 13.0. The highest BCUT2D eigenvalue weighted by atomic mass is 35.5. The second-order valence-corrected chi connectivity index (χ2v) is 5.00. The van der Waals surface area contributed by atoms with E-state index in [9.17, 15) is 4.79 Å². The van der Waals surface area contributed by atoms with Crippen LogP contribution >= 0.6 is 11.6 Å². The monoisotopic (exact) mass is 267 g/mol. The molecule has 0 aliphatic carbocycles. The van der Waals surface area contributed by atoms with Crippen LogP contribution in [0.25, 0.3) is 0 Å². The summed E-state index contributed by atoms with van der Waals surface area (Å²) in [5.74, 6) is 0.778. The van der Waals surface area contributed by atoms with Gasteiger partial charge in [-0.2, -0.15) is 0 Å². The number of ether oxygens (including phenoxy) is 1. The summed E-state index contributed by atoms with van der Waals surface area (Å²) in [5, 5.41) is 2.92. The topological polar surface area (TPSA) is 38.3 Å². The second kappa shape index (κ2) is 6.21. The number of benzene rings is 1. The predicted octanol–water partition coefficient (Wildman–Crippen LogP) is 2.47. The van der Waals surface area contributed by atoms with Gasteiger partial charge >= 0.3 is 0 Å². The van der Waals surface area contributed by atoms with Crippen molar-refractivity contribution >= 4 is 17.5 Å². The second-order valence-electron chi connectivity index (χ2n) is 4.73. The molecule has 98 valence electrons. The van der Waals surface area contributed by atoms with Gasteiger partial charge in [0.1, 0.15) is 6.10 Å². The minimum atomic E-state index is -0.291. The molecule has 0 radical (unpaired) electrons. The molecule has 2 rings (SSSR count). The first kappa shape index (κ1) is 13.4. The summed E-state index contributed by atoms with van der Waals surface area (Å²) in [6.45, 7) is 3.25. The first-order valence-corrected chi connectivity index (χ1v) is 6.77. The molecule has 1 aromatic carbocycles. The van der Waals surface area contributed by atoms with Crippen LogP contribution in [0, 0.1) is 5.92 Å². The van der Waals surface area contributed by atoms with E-state index in [0.717, 1.165) is 17.5 Å². The summed E-state index contributed by atoms with van der Waals surface area (Å²) in [7, 11) is 0. The summed E-state index contributed by atoms with van der Waals surface area (Å²) in [6, 6.07) is 7.91. The van der Waals surface area contributed by atoms with E-state index in [0.29, 0.717) is 24.9 Å². The number of rotatable bonds is 4. The van der Waals surface area contributed by atoms with E-state index < -0.39 is 0 Å². The van der Waals surface area contributed by atoms with Crippen LogP contribution < -0.4 is 5.32 Å². The van der Waals surface area contributed by atoms with Gasteiger partial charge in [0.05, 0.1) is 0 Å². The van der Waals surface area contributed by atoms with Gasteiger partial charge in [-0.05, 0) is 23.5 Å². The van der Waals surface area contributed by atoms with Crippen LogP contribution in [0.1, 0.15) is 24.5 Å². The zero-order valence-corrected chi connectivity index (χ0v) is 11.2.